The Hall–Kier alpha value is -0.0800. The summed E-state index contributed by atoms with van der Waals surface area (Å²) in [5.41, 5.74) is 0. The highest BCUT2D eigenvalue weighted by Crippen LogP contribution is 1.13. The average molecular weight is 97.5 g/mol. The molecule has 5 heavy (non-hydrogen) atoms. The second kappa shape index (κ2) is 39.5. The van der Waals surface area contributed by atoms with E-state index in [1.807, 2.05) is 0 Å². The van der Waals surface area contributed by atoms with Gasteiger partial charge >= 0.3 is 0 Å². The van der Waals surface area contributed by atoms with Gasteiger partial charge in [0, 0.05) is 0 Å². The SMILES string of the molecule is CC=O.Cl.N. The normalized spacial score (nSPS) is 2.60. The van der Waals surface area contributed by atoms with E-state index in [1.165, 1.54) is 6.92 Å². The zero-order chi connectivity index (χ0) is 2.71. The third-order valence-corrected chi connectivity index (χ3v) is 0. The molecule has 34 valence electrons. The van der Waals surface area contributed by atoms with Gasteiger partial charge in [0.1, 0.15) is 6.29 Å². The maximum atomic E-state index is 8.81. The maximum absolute atomic E-state index is 8.81. The summed E-state index contributed by atoms with van der Waals surface area (Å²) >= 11 is 0. The van der Waals surface area contributed by atoms with Gasteiger partial charge in [-0.05, 0) is 6.92 Å². The van der Waals surface area contributed by atoms with Crippen LogP contribution in [-0.2, 0) is 4.79 Å². The van der Waals surface area contributed by atoms with Crippen LogP contribution >= 0.6 is 12.4 Å². The van der Waals surface area contributed by atoms with Gasteiger partial charge in [0.2, 0.25) is 0 Å². The first-order chi connectivity index (χ1) is 1.41. The molecule has 0 amide bonds. The first-order valence-corrected chi connectivity index (χ1v) is 0.813. The van der Waals surface area contributed by atoms with Crippen LogP contribution in [0.5, 0.6) is 0 Å². The van der Waals surface area contributed by atoms with E-state index in [-0.39, 0.29) is 18.6 Å². The van der Waals surface area contributed by atoms with Crippen LogP contribution in [-0.4, -0.2) is 6.29 Å². The van der Waals surface area contributed by atoms with Gasteiger partial charge in [-0.15, -0.1) is 12.4 Å². The molecule has 0 aliphatic carbocycles. The molecule has 0 unspecified atom stereocenters. The highest BCUT2D eigenvalue weighted by Gasteiger charge is 1.24. The van der Waals surface area contributed by atoms with E-state index in [1.54, 1.807) is 0 Å². The smallest absolute Gasteiger partial charge is 0.116 e. The van der Waals surface area contributed by atoms with Gasteiger partial charge in [-0.2, -0.15) is 0 Å². The topological polar surface area (TPSA) is 52.1 Å². The van der Waals surface area contributed by atoms with E-state index >= 15 is 0 Å². The van der Waals surface area contributed by atoms with Crippen LogP contribution in [0, 0.1) is 0 Å². The first-order valence-electron chi connectivity index (χ1n) is 0.813. The fourth-order valence-electron chi connectivity index (χ4n) is 0. The fourth-order valence-corrected chi connectivity index (χ4v) is 0. The van der Waals surface area contributed by atoms with Crippen molar-refractivity contribution in [2.75, 3.05) is 0 Å². The lowest BCUT2D eigenvalue weighted by Gasteiger charge is -1.23. The van der Waals surface area contributed by atoms with E-state index in [0.29, 0.717) is 0 Å². The van der Waals surface area contributed by atoms with E-state index < -0.39 is 0 Å². The molecule has 0 fully saturated rings. The lowest BCUT2D eigenvalue weighted by molar-refractivity contribution is -0.106. The molecule has 0 heterocycles. The Balaban J connectivity index is -0.0000000200. The minimum absolute atomic E-state index is 0. The summed E-state index contributed by atoms with van der Waals surface area (Å²) in [6.45, 7) is 1.44. The zero-order valence-electron chi connectivity index (χ0n) is 3.10. The monoisotopic (exact) mass is 97.0 g/mol. The molecular formula is C2H8ClNO. The van der Waals surface area contributed by atoms with Crippen LogP contribution in [0.1, 0.15) is 6.92 Å². The van der Waals surface area contributed by atoms with E-state index in [2.05, 4.69) is 0 Å². The van der Waals surface area contributed by atoms with Crippen molar-refractivity contribution in [2.24, 2.45) is 0 Å². The van der Waals surface area contributed by atoms with E-state index in [0.717, 1.165) is 6.29 Å². The Morgan fingerprint density at radius 1 is 1.60 bits per heavy atom. The molecule has 3 N–H and O–H groups in total. The number of aldehydes is 1. The van der Waals surface area contributed by atoms with Crippen molar-refractivity contribution in [3.63, 3.8) is 0 Å². The maximum Gasteiger partial charge on any atom is 0.116 e. The van der Waals surface area contributed by atoms with Gasteiger partial charge in [0.05, 0.1) is 0 Å². The van der Waals surface area contributed by atoms with E-state index in [4.69, 9.17) is 4.79 Å². The van der Waals surface area contributed by atoms with Crippen molar-refractivity contribution in [1.29, 1.82) is 0 Å². The number of hydrogen-bond acceptors (Lipinski definition) is 2. The summed E-state index contributed by atoms with van der Waals surface area (Å²) in [4.78, 5) is 8.81. The van der Waals surface area contributed by atoms with Crippen LogP contribution in [0.25, 0.3) is 0 Å². The number of carbonyl (C=O) groups is 1. The summed E-state index contributed by atoms with van der Waals surface area (Å²) < 4.78 is 0. The largest absolute Gasteiger partial charge is 0.344 e. The standard InChI is InChI=1S/C2H4O.ClH.H3N/c1-2-3;;/h2H,1H3;1H;1H3. The predicted octanol–water partition coefficient (Wildman–Crippen LogP) is 0.789. The fraction of sp³-hybridized carbons (Fsp3) is 0.500. The average Bonchev–Trinajstić information content (AvgIpc) is 0.918. The van der Waals surface area contributed by atoms with Crippen molar-refractivity contribution < 1.29 is 4.79 Å². The molecule has 0 bridgehead atoms. The van der Waals surface area contributed by atoms with Gasteiger partial charge < -0.3 is 10.9 Å². The minimum Gasteiger partial charge on any atom is -0.344 e. The molecule has 0 radical (unpaired) electrons. The number of carbonyl (C=O) groups excluding carboxylic acids is 1. The molecule has 0 spiro atoms. The van der Waals surface area contributed by atoms with E-state index in [9.17, 15) is 0 Å². The molecule has 0 saturated carbocycles. The molecule has 0 saturated heterocycles. The summed E-state index contributed by atoms with van der Waals surface area (Å²) in [5.74, 6) is 0. The van der Waals surface area contributed by atoms with Crippen molar-refractivity contribution in [3.8, 4) is 0 Å². The molecule has 0 aromatic rings. The summed E-state index contributed by atoms with van der Waals surface area (Å²) in [6, 6.07) is 0. The van der Waals surface area contributed by atoms with Crippen LogP contribution in [0.15, 0.2) is 0 Å². The van der Waals surface area contributed by atoms with Gasteiger partial charge in [-0.3, -0.25) is 0 Å². The zero-order valence-corrected chi connectivity index (χ0v) is 3.92. The second-order valence-electron chi connectivity index (χ2n) is 0.236. The Morgan fingerprint density at radius 3 is 1.60 bits per heavy atom. The quantitative estimate of drug-likeness (QED) is 0.455. The number of rotatable bonds is 0. The van der Waals surface area contributed by atoms with Crippen molar-refractivity contribution >= 4 is 18.7 Å². The highest BCUT2D eigenvalue weighted by molar-refractivity contribution is 5.85. The molecule has 0 atom stereocenters. The second-order valence-corrected chi connectivity index (χ2v) is 0.236. The lowest BCUT2D eigenvalue weighted by atomic mass is 11.0. The lowest BCUT2D eigenvalue weighted by Crippen LogP contribution is -1.36. The molecule has 0 aromatic carbocycles. The highest BCUT2D eigenvalue weighted by atomic mass is 35.5. The molecule has 0 aromatic heterocycles. The Kier molecular flexibility index (Phi) is 162. The molecule has 0 aliphatic rings. The van der Waals surface area contributed by atoms with Crippen molar-refractivity contribution in [3.05, 3.63) is 0 Å². The van der Waals surface area contributed by atoms with Gasteiger partial charge in [-0.25, -0.2) is 0 Å². The van der Waals surface area contributed by atoms with Gasteiger partial charge in [-0.1, -0.05) is 0 Å². The molecule has 2 nitrogen and oxygen atoms in total. The van der Waals surface area contributed by atoms with Crippen LogP contribution < -0.4 is 6.15 Å². The third kappa shape index (κ3) is 2260. The molecule has 0 aliphatic heterocycles. The van der Waals surface area contributed by atoms with Crippen molar-refractivity contribution in [2.45, 2.75) is 6.92 Å². The van der Waals surface area contributed by atoms with Gasteiger partial charge in [0.15, 0.2) is 0 Å². The van der Waals surface area contributed by atoms with Crippen LogP contribution in [0.4, 0.5) is 0 Å². The summed E-state index contributed by atoms with van der Waals surface area (Å²) in [6.07, 6.45) is 0.750. The number of hydrogen-bond donors (Lipinski definition) is 1. The molecular weight excluding hydrogens is 89.5 g/mol. The number of halogens is 1. The van der Waals surface area contributed by atoms with Crippen molar-refractivity contribution in [1.82, 2.24) is 6.15 Å². The Labute approximate surface area is 37.6 Å². The summed E-state index contributed by atoms with van der Waals surface area (Å²) in [7, 11) is 0. The first kappa shape index (κ1) is 20.5. The Morgan fingerprint density at radius 2 is 1.60 bits per heavy atom. The molecule has 3 heteroatoms. The summed E-state index contributed by atoms with van der Waals surface area (Å²) in [5, 5.41) is 0. The molecule has 0 rings (SSSR count). The third-order valence-electron chi connectivity index (χ3n) is 0. The minimum atomic E-state index is 0. The van der Waals surface area contributed by atoms with Gasteiger partial charge in [0.25, 0.3) is 0 Å². The Bertz CT molecular complexity index is 17.1. The van der Waals surface area contributed by atoms with Crippen LogP contribution in [0.2, 0.25) is 0 Å². The predicted molar refractivity (Wildman–Crippen MR) is 24.0 cm³/mol. The van der Waals surface area contributed by atoms with Crippen LogP contribution in [0.3, 0.4) is 0 Å².